The first-order valence-electron chi connectivity index (χ1n) is 8.19. The van der Waals surface area contributed by atoms with Gasteiger partial charge in [0.1, 0.15) is 5.75 Å². The monoisotopic (exact) mass is 368 g/mol. The zero-order valence-corrected chi connectivity index (χ0v) is 14.5. The van der Waals surface area contributed by atoms with Gasteiger partial charge in [-0.3, -0.25) is 0 Å². The van der Waals surface area contributed by atoms with E-state index in [9.17, 15) is 9.18 Å². The van der Waals surface area contributed by atoms with Crippen LogP contribution in [-0.2, 0) is 0 Å². The highest BCUT2D eigenvalue weighted by molar-refractivity contribution is 5.99. The zero-order chi connectivity index (χ0) is 19.1. The molecule has 0 aliphatic heterocycles. The summed E-state index contributed by atoms with van der Waals surface area (Å²) in [5.74, 6) is 0.229. The lowest BCUT2D eigenvalue weighted by Gasteiger charge is -2.09. The van der Waals surface area contributed by atoms with E-state index in [0.717, 1.165) is 5.75 Å². The molecule has 0 bridgehead atoms. The van der Waals surface area contributed by atoms with Gasteiger partial charge in [0.25, 0.3) is 0 Å². The summed E-state index contributed by atoms with van der Waals surface area (Å²) in [6, 6.07) is 12.4. The molecule has 0 spiro atoms. The molecule has 3 rings (SSSR count). The molecule has 7 nitrogen and oxygen atoms in total. The molecule has 2 aromatic carbocycles. The van der Waals surface area contributed by atoms with Gasteiger partial charge >= 0.3 is 12.0 Å². The van der Waals surface area contributed by atoms with E-state index in [2.05, 4.69) is 20.6 Å². The third kappa shape index (κ3) is 5.15. The average molecular weight is 368 g/mol. The minimum Gasteiger partial charge on any atom is -0.494 e. The molecule has 0 radical (unpaired) electrons. The summed E-state index contributed by atoms with van der Waals surface area (Å²) < 4.78 is 24.1. The molecular formula is C19H17FN4O3. The topological polar surface area (TPSA) is 85.4 Å². The summed E-state index contributed by atoms with van der Waals surface area (Å²) in [4.78, 5) is 19.9. The van der Waals surface area contributed by atoms with Crippen LogP contribution in [0.25, 0.3) is 0 Å². The van der Waals surface area contributed by atoms with Crippen LogP contribution in [0.4, 0.5) is 20.6 Å². The van der Waals surface area contributed by atoms with Crippen LogP contribution < -0.4 is 20.1 Å². The summed E-state index contributed by atoms with van der Waals surface area (Å²) in [6.45, 7) is 2.47. The van der Waals surface area contributed by atoms with Crippen LogP contribution in [0.5, 0.6) is 17.5 Å². The van der Waals surface area contributed by atoms with Gasteiger partial charge in [-0.15, -0.1) is 0 Å². The van der Waals surface area contributed by atoms with Gasteiger partial charge in [0.05, 0.1) is 24.7 Å². The molecule has 3 aromatic rings. The normalized spacial score (nSPS) is 10.1. The van der Waals surface area contributed by atoms with Gasteiger partial charge in [0, 0.05) is 5.69 Å². The summed E-state index contributed by atoms with van der Waals surface area (Å²) in [7, 11) is 0. The Hall–Kier alpha value is -3.68. The van der Waals surface area contributed by atoms with Crippen LogP contribution in [0.2, 0.25) is 0 Å². The van der Waals surface area contributed by atoms with Gasteiger partial charge in [0.2, 0.25) is 0 Å². The molecule has 1 heterocycles. The van der Waals surface area contributed by atoms with E-state index in [4.69, 9.17) is 9.47 Å². The number of amides is 2. The van der Waals surface area contributed by atoms with Crippen molar-refractivity contribution >= 4 is 17.4 Å². The van der Waals surface area contributed by atoms with Gasteiger partial charge in [-0.1, -0.05) is 12.1 Å². The fourth-order valence-electron chi connectivity index (χ4n) is 2.15. The van der Waals surface area contributed by atoms with E-state index in [1.165, 1.54) is 24.5 Å². The first-order chi connectivity index (χ1) is 13.1. The van der Waals surface area contributed by atoms with Crippen LogP contribution >= 0.6 is 0 Å². The fraction of sp³-hybridized carbons (Fsp3) is 0.105. The predicted octanol–water partition coefficient (Wildman–Crippen LogP) is 4.45. The molecule has 8 heteroatoms. The first-order valence-corrected chi connectivity index (χ1v) is 8.19. The number of urea groups is 1. The van der Waals surface area contributed by atoms with Gasteiger partial charge < -0.3 is 20.1 Å². The summed E-state index contributed by atoms with van der Waals surface area (Å²) >= 11 is 0. The molecule has 27 heavy (non-hydrogen) atoms. The number of hydrogen-bond acceptors (Lipinski definition) is 5. The molecule has 0 aliphatic rings. The second kappa shape index (κ2) is 8.61. The van der Waals surface area contributed by atoms with Crippen LogP contribution in [0.15, 0.2) is 60.9 Å². The molecule has 138 valence electrons. The molecule has 0 aliphatic carbocycles. The maximum absolute atomic E-state index is 13.5. The highest BCUT2D eigenvalue weighted by atomic mass is 19.1. The van der Waals surface area contributed by atoms with Crippen molar-refractivity contribution in [1.82, 2.24) is 9.97 Å². The number of halogens is 1. The molecule has 2 N–H and O–H groups in total. The lowest BCUT2D eigenvalue weighted by molar-refractivity contribution is 0.262. The maximum atomic E-state index is 13.5. The SMILES string of the molecule is CCOc1ccc(NC(=O)Nc2cnc(Oc3ccccc3F)nc2)cc1. The van der Waals surface area contributed by atoms with E-state index < -0.39 is 11.8 Å². The minimum absolute atomic E-state index is 0.0199. The number of rotatable bonds is 6. The molecule has 0 unspecified atom stereocenters. The fourth-order valence-corrected chi connectivity index (χ4v) is 2.15. The predicted molar refractivity (Wildman–Crippen MR) is 98.8 cm³/mol. The van der Waals surface area contributed by atoms with E-state index in [1.54, 1.807) is 36.4 Å². The number of hydrogen-bond donors (Lipinski definition) is 2. The number of carbonyl (C=O) groups excluding carboxylic acids is 1. The van der Waals surface area contributed by atoms with Crippen molar-refractivity contribution < 1.29 is 18.7 Å². The van der Waals surface area contributed by atoms with E-state index in [0.29, 0.717) is 18.0 Å². The van der Waals surface area contributed by atoms with Crippen LogP contribution in [-0.4, -0.2) is 22.6 Å². The van der Waals surface area contributed by atoms with E-state index >= 15 is 0 Å². The standard InChI is InChI=1S/C19H17FN4O3/c1-2-26-15-9-7-13(8-10-15)23-18(25)24-14-11-21-19(22-12-14)27-17-6-4-3-5-16(17)20/h3-12H,2H2,1H3,(H2,23,24,25). The Morgan fingerprint density at radius 3 is 2.33 bits per heavy atom. The second-order valence-corrected chi connectivity index (χ2v) is 5.32. The molecular weight excluding hydrogens is 351 g/mol. The van der Waals surface area contributed by atoms with Crippen molar-refractivity contribution in [2.75, 3.05) is 17.2 Å². The number of carbonyl (C=O) groups is 1. The van der Waals surface area contributed by atoms with E-state index in [1.807, 2.05) is 6.92 Å². The number of nitrogens with zero attached hydrogens (tertiary/aromatic N) is 2. The Bertz CT molecular complexity index is 902. The number of benzene rings is 2. The lowest BCUT2D eigenvalue weighted by atomic mass is 10.3. The average Bonchev–Trinajstić information content (AvgIpc) is 2.67. The smallest absolute Gasteiger partial charge is 0.323 e. The Kier molecular flexibility index (Phi) is 5.78. The molecule has 2 amide bonds. The first kappa shape index (κ1) is 18.1. The molecule has 1 aromatic heterocycles. The Morgan fingerprint density at radius 1 is 1.00 bits per heavy atom. The highest BCUT2D eigenvalue weighted by Crippen LogP contribution is 2.21. The maximum Gasteiger partial charge on any atom is 0.323 e. The Labute approximate surface area is 155 Å². The van der Waals surface area contributed by atoms with Crippen molar-refractivity contribution in [2.45, 2.75) is 6.92 Å². The summed E-state index contributed by atoms with van der Waals surface area (Å²) in [5, 5.41) is 5.28. The molecule has 0 saturated carbocycles. The van der Waals surface area contributed by atoms with Gasteiger partial charge in [-0.05, 0) is 43.3 Å². The summed E-state index contributed by atoms with van der Waals surface area (Å²) in [6.07, 6.45) is 2.72. The zero-order valence-electron chi connectivity index (χ0n) is 14.5. The van der Waals surface area contributed by atoms with Gasteiger partial charge in [-0.2, -0.15) is 0 Å². The molecule has 0 saturated heterocycles. The van der Waals surface area contributed by atoms with E-state index in [-0.39, 0.29) is 11.8 Å². The largest absolute Gasteiger partial charge is 0.494 e. The molecule has 0 fully saturated rings. The second-order valence-electron chi connectivity index (χ2n) is 5.32. The van der Waals surface area contributed by atoms with Crippen LogP contribution in [0, 0.1) is 5.82 Å². The van der Waals surface area contributed by atoms with Crippen molar-refractivity contribution in [2.24, 2.45) is 0 Å². The van der Waals surface area contributed by atoms with Crippen LogP contribution in [0.3, 0.4) is 0 Å². The number of anilines is 2. The van der Waals surface area contributed by atoms with Crippen LogP contribution in [0.1, 0.15) is 6.92 Å². The Balaban J connectivity index is 1.56. The number of nitrogens with one attached hydrogen (secondary N) is 2. The number of para-hydroxylation sites is 1. The van der Waals surface area contributed by atoms with Crippen molar-refractivity contribution in [3.8, 4) is 17.5 Å². The van der Waals surface area contributed by atoms with Gasteiger partial charge in [-0.25, -0.2) is 19.2 Å². The number of ether oxygens (including phenoxy) is 2. The Morgan fingerprint density at radius 2 is 1.67 bits per heavy atom. The minimum atomic E-state index is -0.516. The number of aromatic nitrogens is 2. The third-order valence-corrected chi connectivity index (χ3v) is 3.35. The molecule has 0 atom stereocenters. The van der Waals surface area contributed by atoms with Crippen molar-refractivity contribution in [3.63, 3.8) is 0 Å². The quantitative estimate of drug-likeness (QED) is 0.671. The third-order valence-electron chi connectivity index (χ3n) is 3.35. The highest BCUT2D eigenvalue weighted by Gasteiger charge is 2.07. The summed E-state index contributed by atoms with van der Waals surface area (Å²) in [5.41, 5.74) is 0.968. The lowest BCUT2D eigenvalue weighted by Crippen LogP contribution is -2.19. The van der Waals surface area contributed by atoms with Gasteiger partial charge in [0.15, 0.2) is 11.6 Å². The van der Waals surface area contributed by atoms with Crippen molar-refractivity contribution in [3.05, 3.63) is 66.7 Å². The van der Waals surface area contributed by atoms with Crippen molar-refractivity contribution in [1.29, 1.82) is 0 Å².